The molecule has 0 saturated carbocycles. The van der Waals surface area contributed by atoms with Gasteiger partial charge in [0.05, 0.1) is 18.7 Å². The van der Waals surface area contributed by atoms with Crippen molar-refractivity contribution in [1.29, 1.82) is 5.26 Å². The topological polar surface area (TPSA) is 33.0 Å². The van der Waals surface area contributed by atoms with Crippen molar-refractivity contribution in [3.05, 3.63) is 29.3 Å². The van der Waals surface area contributed by atoms with Crippen LogP contribution in [0, 0.1) is 11.3 Å². The van der Waals surface area contributed by atoms with Crippen molar-refractivity contribution in [1.82, 2.24) is 0 Å². The van der Waals surface area contributed by atoms with Gasteiger partial charge in [-0.15, -0.1) is 0 Å². The normalized spacial score (nSPS) is 10.9. The van der Waals surface area contributed by atoms with E-state index in [0.717, 1.165) is 6.07 Å². The molecule has 0 spiro atoms. The Morgan fingerprint density at radius 2 is 2.06 bits per heavy atom. The quantitative estimate of drug-likeness (QED) is 0.797. The molecule has 0 aliphatic rings. The lowest BCUT2D eigenvalue weighted by atomic mass is 10.0. The summed E-state index contributed by atoms with van der Waals surface area (Å²) in [4.78, 5) is 0. The molecule has 5 heteroatoms. The van der Waals surface area contributed by atoms with E-state index in [9.17, 15) is 13.2 Å². The van der Waals surface area contributed by atoms with Crippen molar-refractivity contribution >= 4 is 0 Å². The van der Waals surface area contributed by atoms with Crippen LogP contribution < -0.4 is 4.74 Å². The molecule has 0 aliphatic carbocycles. The summed E-state index contributed by atoms with van der Waals surface area (Å²) in [7, 11) is 1.31. The number of halogens is 3. The predicted molar refractivity (Wildman–Crippen MR) is 51.9 cm³/mol. The standard InChI is InChI=1S/C11H10F3NO/c1-16-9-5-4-8(3-2-6-15)10(7-9)11(12,13)14/h4-5,7H,2-3H2,1H3. The number of nitriles is 1. The zero-order chi connectivity index (χ0) is 12.2. The average Bonchev–Trinajstić information content (AvgIpc) is 2.25. The fraction of sp³-hybridized carbons (Fsp3) is 0.364. The number of hydrogen-bond donors (Lipinski definition) is 0. The molecule has 1 aromatic carbocycles. The molecular formula is C11H10F3NO. The Hall–Kier alpha value is -1.70. The largest absolute Gasteiger partial charge is 0.497 e. The second-order valence-electron chi connectivity index (χ2n) is 3.18. The van der Waals surface area contributed by atoms with Crippen molar-refractivity contribution in [2.24, 2.45) is 0 Å². The van der Waals surface area contributed by atoms with Gasteiger partial charge in [0, 0.05) is 6.42 Å². The third-order valence-corrected chi connectivity index (χ3v) is 2.13. The molecule has 0 aromatic heterocycles. The summed E-state index contributed by atoms with van der Waals surface area (Å²) in [6.45, 7) is 0. The van der Waals surface area contributed by atoms with Crippen molar-refractivity contribution in [2.75, 3.05) is 7.11 Å². The molecule has 1 aromatic rings. The van der Waals surface area contributed by atoms with Gasteiger partial charge >= 0.3 is 6.18 Å². The van der Waals surface area contributed by atoms with Gasteiger partial charge < -0.3 is 4.74 Å². The zero-order valence-electron chi connectivity index (χ0n) is 8.64. The Kier molecular flexibility index (Phi) is 3.78. The van der Waals surface area contributed by atoms with Gasteiger partial charge in [0.25, 0.3) is 0 Å². The molecule has 0 atom stereocenters. The number of alkyl halides is 3. The molecule has 0 aliphatic heterocycles. The highest BCUT2D eigenvalue weighted by Gasteiger charge is 2.33. The molecule has 1 rings (SSSR count). The molecular weight excluding hydrogens is 219 g/mol. The van der Waals surface area contributed by atoms with Gasteiger partial charge in [0.2, 0.25) is 0 Å². The van der Waals surface area contributed by atoms with Gasteiger partial charge in [-0.2, -0.15) is 18.4 Å². The summed E-state index contributed by atoms with van der Waals surface area (Å²) < 4.78 is 42.7. The van der Waals surface area contributed by atoms with Crippen LogP contribution in [0.3, 0.4) is 0 Å². The minimum Gasteiger partial charge on any atom is -0.497 e. The second-order valence-corrected chi connectivity index (χ2v) is 3.18. The molecule has 0 N–H and O–H groups in total. The number of hydrogen-bond acceptors (Lipinski definition) is 2. The van der Waals surface area contributed by atoms with Crippen LogP contribution in [-0.4, -0.2) is 7.11 Å². The van der Waals surface area contributed by atoms with Crippen LogP contribution in [0.15, 0.2) is 18.2 Å². The molecule has 0 fully saturated rings. The van der Waals surface area contributed by atoms with E-state index in [0.29, 0.717) is 0 Å². The van der Waals surface area contributed by atoms with E-state index in [-0.39, 0.29) is 24.2 Å². The Bertz CT molecular complexity index is 407. The first kappa shape index (κ1) is 12.4. The molecule has 0 saturated heterocycles. The van der Waals surface area contributed by atoms with Crippen molar-refractivity contribution < 1.29 is 17.9 Å². The number of ether oxygens (including phenoxy) is 1. The molecule has 0 unspecified atom stereocenters. The maximum atomic E-state index is 12.7. The molecule has 0 bridgehead atoms. The summed E-state index contributed by atoms with van der Waals surface area (Å²) in [5, 5.41) is 8.37. The van der Waals surface area contributed by atoms with E-state index in [2.05, 4.69) is 0 Å². The fourth-order valence-electron chi connectivity index (χ4n) is 1.35. The third kappa shape index (κ3) is 2.89. The summed E-state index contributed by atoms with van der Waals surface area (Å²) in [5.74, 6) is 0.160. The first-order chi connectivity index (χ1) is 7.49. The van der Waals surface area contributed by atoms with Crippen LogP contribution in [0.1, 0.15) is 17.5 Å². The molecule has 2 nitrogen and oxygen atoms in total. The van der Waals surface area contributed by atoms with Crippen molar-refractivity contribution in [3.8, 4) is 11.8 Å². The van der Waals surface area contributed by atoms with Crippen LogP contribution in [0.4, 0.5) is 13.2 Å². The maximum absolute atomic E-state index is 12.7. The SMILES string of the molecule is COc1ccc(CCC#N)c(C(F)(F)F)c1. The number of nitrogens with zero attached hydrogens (tertiary/aromatic N) is 1. The van der Waals surface area contributed by atoms with Gasteiger partial charge in [0.15, 0.2) is 0 Å². The number of benzene rings is 1. The molecule has 86 valence electrons. The van der Waals surface area contributed by atoms with E-state index in [1.165, 1.54) is 19.2 Å². The monoisotopic (exact) mass is 229 g/mol. The Balaban J connectivity index is 3.12. The lowest BCUT2D eigenvalue weighted by molar-refractivity contribution is -0.138. The minimum atomic E-state index is -4.42. The Labute approximate surface area is 91.3 Å². The Morgan fingerprint density at radius 1 is 1.38 bits per heavy atom. The fourth-order valence-corrected chi connectivity index (χ4v) is 1.35. The van der Waals surface area contributed by atoms with Gasteiger partial charge in [-0.05, 0) is 24.1 Å². The molecule has 16 heavy (non-hydrogen) atoms. The number of aryl methyl sites for hydroxylation is 1. The van der Waals surface area contributed by atoms with Crippen molar-refractivity contribution in [2.45, 2.75) is 19.0 Å². The van der Waals surface area contributed by atoms with Crippen LogP contribution in [0.2, 0.25) is 0 Å². The van der Waals surface area contributed by atoms with Crippen LogP contribution in [-0.2, 0) is 12.6 Å². The van der Waals surface area contributed by atoms with E-state index in [1.807, 2.05) is 6.07 Å². The van der Waals surface area contributed by atoms with Gasteiger partial charge in [-0.1, -0.05) is 6.07 Å². The number of rotatable bonds is 3. The molecule has 0 amide bonds. The molecule has 0 heterocycles. The van der Waals surface area contributed by atoms with Gasteiger partial charge in [0.1, 0.15) is 5.75 Å². The predicted octanol–water partition coefficient (Wildman–Crippen LogP) is 3.17. The zero-order valence-corrected chi connectivity index (χ0v) is 8.64. The van der Waals surface area contributed by atoms with Gasteiger partial charge in [-0.25, -0.2) is 0 Å². The second kappa shape index (κ2) is 4.88. The average molecular weight is 229 g/mol. The highest BCUT2D eigenvalue weighted by molar-refractivity contribution is 5.37. The molecule has 0 radical (unpaired) electrons. The third-order valence-electron chi connectivity index (χ3n) is 2.13. The maximum Gasteiger partial charge on any atom is 0.416 e. The van der Waals surface area contributed by atoms with E-state index in [1.54, 1.807) is 0 Å². The van der Waals surface area contributed by atoms with E-state index >= 15 is 0 Å². The minimum absolute atomic E-state index is 0.0649. The first-order valence-corrected chi connectivity index (χ1v) is 4.60. The van der Waals surface area contributed by atoms with Crippen LogP contribution in [0.5, 0.6) is 5.75 Å². The highest BCUT2D eigenvalue weighted by atomic mass is 19.4. The Morgan fingerprint density at radius 3 is 2.56 bits per heavy atom. The lowest BCUT2D eigenvalue weighted by Gasteiger charge is -2.13. The lowest BCUT2D eigenvalue weighted by Crippen LogP contribution is -2.09. The summed E-state index contributed by atoms with van der Waals surface area (Å²) in [6.07, 6.45) is -4.26. The summed E-state index contributed by atoms with van der Waals surface area (Å²) >= 11 is 0. The first-order valence-electron chi connectivity index (χ1n) is 4.60. The van der Waals surface area contributed by atoms with Gasteiger partial charge in [-0.3, -0.25) is 0 Å². The highest BCUT2D eigenvalue weighted by Crippen LogP contribution is 2.34. The summed E-state index contributed by atoms with van der Waals surface area (Å²) in [5.41, 5.74) is -0.614. The van der Waals surface area contributed by atoms with Crippen LogP contribution >= 0.6 is 0 Å². The van der Waals surface area contributed by atoms with E-state index < -0.39 is 11.7 Å². The number of methoxy groups -OCH3 is 1. The smallest absolute Gasteiger partial charge is 0.416 e. The van der Waals surface area contributed by atoms with Crippen molar-refractivity contribution in [3.63, 3.8) is 0 Å². The van der Waals surface area contributed by atoms with E-state index in [4.69, 9.17) is 10.00 Å². The summed E-state index contributed by atoms with van der Waals surface area (Å²) in [6, 6.07) is 5.58. The van der Waals surface area contributed by atoms with Crippen LogP contribution in [0.25, 0.3) is 0 Å².